The molecule has 0 bridgehead atoms. The van der Waals surface area contributed by atoms with E-state index in [1.54, 1.807) is 17.5 Å². The van der Waals surface area contributed by atoms with Crippen molar-refractivity contribution in [2.24, 2.45) is 5.84 Å². The number of nitrogens with two attached hydrogens (primary N) is 1. The highest BCUT2D eigenvalue weighted by molar-refractivity contribution is 7.09. The molecule has 2 aromatic rings. The number of halogens is 1. The maximum absolute atomic E-state index is 5.94. The van der Waals surface area contributed by atoms with Gasteiger partial charge in [0.25, 0.3) is 0 Å². The Kier molecular flexibility index (Phi) is 4.08. The second-order valence-corrected chi connectivity index (χ2v) is 4.52. The summed E-state index contributed by atoms with van der Waals surface area (Å²) >= 11 is 7.57. The Morgan fingerprint density at radius 3 is 3.00 bits per heavy atom. The van der Waals surface area contributed by atoms with Crippen LogP contribution in [0.3, 0.4) is 0 Å². The van der Waals surface area contributed by atoms with Crippen molar-refractivity contribution in [2.75, 3.05) is 17.3 Å². The van der Waals surface area contributed by atoms with Crippen LogP contribution in [0.15, 0.2) is 17.8 Å². The van der Waals surface area contributed by atoms with E-state index in [0.717, 1.165) is 11.4 Å². The monoisotopic (exact) mass is 270 g/mol. The van der Waals surface area contributed by atoms with E-state index in [0.29, 0.717) is 23.3 Å². The van der Waals surface area contributed by atoms with Gasteiger partial charge in [-0.2, -0.15) is 4.98 Å². The van der Waals surface area contributed by atoms with Crippen LogP contribution in [0.1, 0.15) is 5.01 Å². The molecule has 0 amide bonds. The maximum Gasteiger partial charge on any atom is 0.239 e. The predicted molar refractivity (Wildman–Crippen MR) is 69.2 cm³/mol. The van der Waals surface area contributed by atoms with Crippen LogP contribution in [0.2, 0.25) is 5.02 Å². The van der Waals surface area contributed by atoms with Crippen LogP contribution < -0.4 is 16.6 Å². The van der Waals surface area contributed by atoms with Crippen LogP contribution in [0.4, 0.5) is 11.8 Å². The van der Waals surface area contributed by atoms with Gasteiger partial charge in [-0.15, -0.1) is 11.3 Å². The summed E-state index contributed by atoms with van der Waals surface area (Å²) in [6.45, 7) is 0.703. The number of rotatable bonds is 5. The van der Waals surface area contributed by atoms with Gasteiger partial charge in [-0.05, 0) is 0 Å². The number of thiazole rings is 1. The first-order chi connectivity index (χ1) is 8.29. The third kappa shape index (κ3) is 3.26. The second-order valence-electron chi connectivity index (χ2n) is 3.14. The molecule has 90 valence electrons. The lowest BCUT2D eigenvalue weighted by molar-refractivity contribution is 0.981. The van der Waals surface area contributed by atoms with Gasteiger partial charge in [0, 0.05) is 24.5 Å². The van der Waals surface area contributed by atoms with Crippen molar-refractivity contribution in [3.05, 3.63) is 27.8 Å². The Balaban J connectivity index is 1.94. The second kappa shape index (κ2) is 5.76. The van der Waals surface area contributed by atoms with Gasteiger partial charge >= 0.3 is 0 Å². The average Bonchev–Trinajstić information content (AvgIpc) is 2.84. The molecular formula is C9H11ClN6S. The van der Waals surface area contributed by atoms with Crippen LogP contribution in [-0.2, 0) is 6.42 Å². The molecule has 0 aliphatic rings. The predicted octanol–water partition coefficient (Wildman–Crippen LogP) is 1.53. The molecule has 0 atom stereocenters. The quantitative estimate of drug-likeness (QED) is 0.564. The summed E-state index contributed by atoms with van der Waals surface area (Å²) in [7, 11) is 0. The van der Waals surface area contributed by atoms with Crippen LogP contribution in [0.5, 0.6) is 0 Å². The third-order valence-corrected chi connectivity index (χ3v) is 3.10. The number of hydrogen-bond donors (Lipinski definition) is 3. The summed E-state index contributed by atoms with van der Waals surface area (Å²) < 4.78 is 0. The average molecular weight is 271 g/mol. The zero-order chi connectivity index (χ0) is 12.1. The molecule has 6 nitrogen and oxygen atoms in total. The van der Waals surface area contributed by atoms with E-state index >= 15 is 0 Å². The van der Waals surface area contributed by atoms with Gasteiger partial charge in [-0.25, -0.2) is 15.8 Å². The molecule has 0 fully saturated rings. The number of nitrogen functional groups attached to an aromatic ring is 1. The highest BCUT2D eigenvalue weighted by Gasteiger charge is 2.04. The molecule has 0 saturated carbocycles. The standard InChI is InChI=1S/C9H11ClN6S/c10-6-5-14-9(16-11)15-8(6)13-2-1-7-12-3-4-17-7/h3-5H,1-2,11H2,(H2,13,14,15,16). The van der Waals surface area contributed by atoms with E-state index in [1.807, 2.05) is 5.38 Å². The van der Waals surface area contributed by atoms with Crippen LogP contribution in [0, 0.1) is 0 Å². The van der Waals surface area contributed by atoms with Gasteiger partial charge in [-0.3, -0.25) is 5.43 Å². The lowest BCUT2D eigenvalue weighted by Crippen LogP contribution is -2.13. The summed E-state index contributed by atoms with van der Waals surface area (Å²) in [5.41, 5.74) is 2.37. The van der Waals surface area contributed by atoms with Crippen LogP contribution >= 0.6 is 22.9 Å². The van der Waals surface area contributed by atoms with E-state index < -0.39 is 0 Å². The summed E-state index contributed by atoms with van der Waals surface area (Å²) in [4.78, 5) is 12.2. The zero-order valence-electron chi connectivity index (χ0n) is 8.85. The zero-order valence-corrected chi connectivity index (χ0v) is 10.4. The molecule has 0 saturated heterocycles. The Morgan fingerprint density at radius 2 is 2.29 bits per heavy atom. The normalized spacial score (nSPS) is 10.2. The smallest absolute Gasteiger partial charge is 0.239 e. The molecule has 0 aliphatic heterocycles. The molecule has 0 unspecified atom stereocenters. The number of aromatic nitrogens is 3. The largest absolute Gasteiger partial charge is 0.368 e. The first-order valence-electron chi connectivity index (χ1n) is 4.91. The minimum atomic E-state index is 0.325. The van der Waals surface area contributed by atoms with Crippen molar-refractivity contribution in [1.82, 2.24) is 15.0 Å². The fraction of sp³-hybridized carbons (Fsp3) is 0.222. The molecule has 2 aromatic heterocycles. The lowest BCUT2D eigenvalue weighted by Gasteiger charge is -2.07. The number of nitrogens with zero attached hydrogens (tertiary/aromatic N) is 3. The Morgan fingerprint density at radius 1 is 1.41 bits per heavy atom. The molecule has 17 heavy (non-hydrogen) atoms. The minimum Gasteiger partial charge on any atom is -0.368 e. The van der Waals surface area contributed by atoms with E-state index in [9.17, 15) is 0 Å². The summed E-state index contributed by atoms with van der Waals surface area (Å²) in [6, 6.07) is 0. The fourth-order valence-corrected chi connectivity index (χ4v) is 2.00. The third-order valence-electron chi connectivity index (χ3n) is 1.99. The maximum atomic E-state index is 5.94. The highest BCUT2D eigenvalue weighted by Crippen LogP contribution is 2.19. The molecule has 0 radical (unpaired) electrons. The topological polar surface area (TPSA) is 88.8 Å². The van der Waals surface area contributed by atoms with Gasteiger partial charge in [0.1, 0.15) is 5.02 Å². The lowest BCUT2D eigenvalue weighted by atomic mass is 10.4. The SMILES string of the molecule is NNc1ncc(Cl)c(NCCc2nccs2)n1. The Bertz CT molecular complexity index is 474. The number of nitrogens with one attached hydrogen (secondary N) is 2. The highest BCUT2D eigenvalue weighted by atomic mass is 35.5. The van der Waals surface area contributed by atoms with Crippen LogP contribution in [-0.4, -0.2) is 21.5 Å². The van der Waals surface area contributed by atoms with Gasteiger partial charge in [-0.1, -0.05) is 11.6 Å². The van der Waals surface area contributed by atoms with Crippen molar-refractivity contribution in [2.45, 2.75) is 6.42 Å². The van der Waals surface area contributed by atoms with Crippen molar-refractivity contribution < 1.29 is 0 Å². The Hall–Kier alpha value is -1.44. The van der Waals surface area contributed by atoms with Gasteiger partial charge in [0.15, 0.2) is 5.82 Å². The van der Waals surface area contributed by atoms with Crippen molar-refractivity contribution >= 4 is 34.7 Å². The van der Waals surface area contributed by atoms with Gasteiger partial charge in [0.05, 0.1) is 11.2 Å². The van der Waals surface area contributed by atoms with Crippen molar-refractivity contribution in [1.29, 1.82) is 0 Å². The molecule has 4 N–H and O–H groups in total. The van der Waals surface area contributed by atoms with Crippen molar-refractivity contribution in [3.8, 4) is 0 Å². The van der Waals surface area contributed by atoms with E-state index in [4.69, 9.17) is 17.4 Å². The number of hydrogen-bond acceptors (Lipinski definition) is 7. The molecular weight excluding hydrogens is 260 g/mol. The number of anilines is 2. The van der Waals surface area contributed by atoms with Crippen LogP contribution in [0.25, 0.3) is 0 Å². The first-order valence-corrected chi connectivity index (χ1v) is 6.17. The summed E-state index contributed by atoms with van der Waals surface area (Å²) in [5, 5.41) is 6.59. The molecule has 0 aromatic carbocycles. The van der Waals surface area contributed by atoms with E-state index in [-0.39, 0.29) is 0 Å². The van der Waals surface area contributed by atoms with E-state index in [1.165, 1.54) is 6.20 Å². The molecule has 8 heteroatoms. The molecule has 0 spiro atoms. The molecule has 0 aliphatic carbocycles. The van der Waals surface area contributed by atoms with Gasteiger partial charge in [0.2, 0.25) is 5.95 Å². The van der Waals surface area contributed by atoms with Gasteiger partial charge < -0.3 is 5.32 Å². The summed E-state index contributed by atoms with van der Waals surface area (Å²) in [6.07, 6.45) is 4.10. The summed E-state index contributed by atoms with van der Waals surface area (Å²) in [5.74, 6) is 6.11. The first kappa shape index (κ1) is 12.0. The van der Waals surface area contributed by atoms with Crippen molar-refractivity contribution in [3.63, 3.8) is 0 Å². The van der Waals surface area contributed by atoms with E-state index in [2.05, 4.69) is 25.7 Å². The molecule has 2 rings (SSSR count). The Labute approximate surface area is 107 Å². The molecule has 2 heterocycles. The minimum absolute atomic E-state index is 0.325. The fourth-order valence-electron chi connectivity index (χ4n) is 1.22. The number of hydrazine groups is 1.